The standard InChI is InChI=1S/C14H14N8O5/c15-8-16-13-2-1-5-20(13)7-14(23)17-9-18-19-11-4-3-10(21(24)25)6-12(11)22(26)27/h3-4,6,9,19H,1-2,5,7H2,(H,17,18,23). The molecule has 1 aliphatic rings. The lowest BCUT2D eigenvalue weighted by Crippen LogP contribution is -2.37. The highest BCUT2D eigenvalue weighted by Gasteiger charge is 2.21. The second kappa shape index (κ2) is 8.85. The van der Waals surface area contributed by atoms with Gasteiger partial charge in [-0.2, -0.15) is 15.4 Å². The molecule has 2 N–H and O–H groups in total. The van der Waals surface area contributed by atoms with Gasteiger partial charge in [-0.05, 0) is 12.5 Å². The Morgan fingerprint density at radius 2 is 2.15 bits per heavy atom. The molecular formula is C14H14N8O5. The summed E-state index contributed by atoms with van der Waals surface area (Å²) in [5, 5.41) is 36.3. The number of hydrogen-bond acceptors (Lipinski definition) is 9. The maximum atomic E-state index is 11.9. The Morgan fingerprint density at radius 1 is 1.37 bits per heavy atom. The Hall–Kier alpha value is -4.08. The summed E-state index contributed by atoms with van der Waals surface area (Å²) in [4.78, 5) is 37.3. The molecule has 1 fully saturated rings. The second-order valence-electron chi connectivity index (χ2n) is 5.31. The van der Waals surface area contributed by atoms with Crippen molar-refractivity contribution in [1.82, 2.24) is 10.2 Å². The van der Waals surface area contributed by atoms with E-state index in [9.17, 15) is 25.0 Å². The number of nitro benzene ring substituents is 2. The molecule has 2 rings (SSSR count). The van der Waals surface area contributed by atoms with Crippen molar-refractivity contribution in [2.75, 3.05) is 18.5 Å². The first-order valence-electron chi connectivity index (χ1n) is 7.62. The van der Waals surface area contributed by atoms with E-state index in [2.05, 4.69) is 20.8 Å². The van der Waals surface area contributed by atoms with Crippen LogP contribution in [0.2, 0.25) is 0 Å². The average Bonchev–Trinajstić information content (AvgIpc) is 3.05. The second-order valence-corrected chi connectivity index (χ2v) is 5.31. The average molecular weight is 374 g/mol. The zero-order valence-corrected chi connectivity index (χ0v) is 13.9. The molecule has 1 aromatic carbocycles. The third-order valence-corrected chi connectivity index (χ3v) is 3.57. The van der Waals surface area contributed by atoms with Crippen molar-refractivity contribution in [3.8, 4) is 6.19 Å². The number of amidine groups is 1. The predicted molar refractivity (Wildman–Crippen MR) is 93.9 cm³/mol. The van der Waals surface area contributed by atoms with Crippen molar-refractivity contribution >= 4 is 35.1 Å². The van der Waals surface area contributed by atoms with E-state index in [-0.39, 0.29) is 12.2 Å². The number of benzene rings is 1. The van der Waals surface area contributed by atoms with Gasteiger partial charge in [0.15, 0.2) is 0 Å². The maximum Gasteiger partial charge on any atom is 0.301 e. The van der Waals surface area contributed by atoms with E-state index in [1.54, 1.807) is 11.1 Å². The van der Waals surface area contributed by atoms with Gasteiger partial charge in [-0.15, -0.1) is 0 Å². The van der Waals surface area contributed by atoms with Crippen LogP contribution in [0.25, 0.3) is 0 Å². The lowest BCUT2D eigenvalue weighted by Gasteiger charge is -2.16. The molecule has 0 bridgehead atoms. The maximum absolute atomic E-state index is 11.9. The van der Waals surface area contributed by atoms with Gasteiger partial charge in [0, 0.05) is 19.0 Å². The Kier molecular flexibility index (Phi) is 6.31. The van der Waals surface area contributed by atoms with Crippen LogP contribution in [0.3, 0.4) is 0 Å². The van der Waals surface area contributed by atoms with Gasteiger partial charge in [-0.1, -0.05) is 0 Å². The SMILES string of the molecule is N#CN=C1CCCN1CC(=O)NC=NNc1ccc([N+](=O)[O-])cc1[N+](=O)[O-]. The highest BCUT2D eigenvalue weighted by Crippen LogP contribution is 2.28. The van der Waals surface area contributed by atoms with Gasteiger partial charge in [-0.3, -0.25) is 30.4 Å². The Morgan fingerprint density at radius 3 is 2.81 bits per heavy atom. The van der Waals surface area contributed by atoms with Crippen LogP contribution in [0.15, 0.2) is 28.3 Å². The van der Waals surface area contributed by atoms with Crippen molar-refractivity contribution in [3.05, 3.63) is 38.4 Å². The molecule has 0 saturated carbocycles. The van der Waals surface area contributed by atoms with Gasteiger partial charge in [0.2, 0.25) is 12.1 Å². The van der Waals surface area contributed by atoms with Crippen molar-refractivity contribution in [1.29, 1.82) is 5.26 Å². The molecule has 1 heterocycles. The molecule has 1 aromatic rings. The van der Waals surface area contributed by atoms with E-state index < -0.39 is 27.1 Å². The first-order chi connectivity index (χ1) is 12.9. The molecule has 13 heteroatoms. The number of nitriles is 1. The summed E-state index contributed by atoms with van der Waals surface area (Å²) in [6.45, 7) is 0.600. The van der Waals surface area contributed by atoms with E-state index in [4.69, 9.17) is 5.26 Å². The molecule has 0 unspecified atom stereocenters. The number of carbonyl (C=O) groups is 1. The number of non-ortho nitro benzene ring substituents is 1. The molecule has 13 nitrogen and oxygen atoms in total. The van der Waals surface area contributed by atoms with Crippen LogP contribution in [0.4, 0.5) is 17.1 Å². The fourth-order valence-corrected chi connectivity index (χ4v) is 2.37. The number of carbonyl (C=O) groups excluding carboxylic acids is 1. The summed E-state index contributed by atoms with van der Waals surface area (Å²) in [5.41, 5.74) is 1.33. The summed E-state index contributed by atoms with van der Waals surface area (Å²) in [6, 6.07) is 3.04. The minimum atomic E-state index is -0.785. The first-order valence-corrected chi connectivity index (χ1v) is 7.62. The normalized spacial score (nSPS) is 14.9. The van der Waals surface area contributed by atoms with Gasteiger partial charge >= 0.3 is 5.69 Å². The summed E-state index contributed by atoms with van der Waals surface area (Å²) >= 11 is 0. The zero-order valence-electron chi connectivity index (χ0n) is 13.9. The zero-order chi connectivity index (χ0) is 19.8. The number of aliphatic imine (C=N–C) groups is 1. The Balaban J connectivity index is 1.93. The summed E-state index contributed by atoms with van der Waals surface area (Å²) in [7, 11) is 0. The smallest absolute Gasteiger partial charge is 0.301 e. The number of nitro groups is 2. The van der Waals surface area contributed by atoms with E-state index in [0.29, 0.717) is 18.8 Å². The monoisotopic (exact) mass is 374 g/mol. The molecule has 0 spiro atoms. The predicted octanol–water partition coefficient (Wildman–Crippen LogP) is 0.950. The van der Waals surface area contributed by atoms with Crippen LogP contribution < -0.4 is 10.7 Å². The summed E-state index contributed by atoms with van der Waals surface area (Å²) in [5.74, 6) is 0.135. The van der Waals surface area contributed by atoms with E-state index in [0.717, 1.165) is 31.0 Å². The van der Waals surface area contributed by atoms with Gasteiger partial charge in [0.05, 0.1) is 22.5 Å². The van der Waals surface area contributed by atoms with Crippen LogP contribution in [-0.2, 0) is 4.79 Å². The number of likely N-dealkylation sites (tertiary alicyclic amines) is 1. The summed E-state index contributed by atoms with van der Waals surface area (Å²) < 4.78 is 0. The molecule has 1 saturated heterocycles. The molecule has 1 aliphatic heterocycles. The molecular weight excluding hydrogens is 360 g/mol. The Labute approximate surface area is 152 Å². The summed E-state index contributed by atoms with van der Waals surface area (Å²) in [6.07, 6.45) is 4.12. The van der Waals surface area contributed by atoms with Crippen molar-refractivity contribution < 1.29 is 14.6 Å². The minimum absolute atomic E-state index is 0.00971. The van der Waals surface area contributed by atoms with Gasteiger partial charge in [0.25, 0.3) is 5.69 Å². The number of anilines is 1. The van der Waals surface area contributed by atoms with Crippen molar-refractivity contribution in [3.63, 3.8) is 0 Å². The first kappa shape index (κ1) is 19.2. The molecule has 1 amide bonds. The lowest BCUT2D eigenvalue weighted by atomic mass is 10.2. The molecule has 0 atom stereocenters. The van der Waals surface area contributed by atoms with Crippen LogP contribution in [0.5, 0.6) is 0 Å². The molecule has 140 valence electrons. The van der Waals surface area contributed by atoms with E-state index >= 15 is 0 Å². The van der Waals surface area contributed by atoms with Gasteiger partial charge in [-0.25, -0.2) is 0 Å². The minimum Gasteiger partial charge on any atom is -0.350 e. The van der Waals surface area contributed by atoms with Crippen LogP contribution in [-0.4, -0.2) is 45.9 Å². The number of rotatable bonds is 7. The fourth-order valence-electron chi connectivity index (χ4n) is 2.37. The van der Waals surface area contributed by atoms with Gasteiger partial charge in [0.1, 0.15) is 17.9 Å². The number of nitrogens with one attached hydrogen (secondary N) is 2. The van der Waals surface area contributed by atoms with Crippen molar-refractivity contribution in [2.24, 2.45) is 10.1 Å². The number of hydrogen-bond donors (Lipinski definition) is 2. The van der Waals surface area contributed by atoms with Crippen LogP contribution >= 0.6 is 0 Å². The number of nitrogens with zero attached hydrogens (tertiary/aromatic N) is 6. The number of amides is 1. The van der Waals surface area contributed by atoms with E-state index in [1.807, 2.05) is 0 Å². The van der Waals surface area contributed by atoms with Gasteiger partial charge < -0.3 is 10.2 Å². The largest absolute Gasteiger partial charge is 0.350 e. The fraction of sp³-hybridized carbons (Fsp3) is 0.286. The number of hydrazone groups is 1. The third kappa shape index (κ3) is 5.19. The molecule has 0 aliphatic carbocycles. The highest BCUT2D eigenvalue weighted by molar-refractivity contribution is 5.93. The highest BCUT2D eigenvalue weighted by atomic mass is 16.6. The molecule has 0 aromatic heterocycles. The Bertz CT molecular complexity index is 860. The van der Waals surface area contributed by atoms with E-state index in [1.165, 1.54) is 0 Å². The van der Waals surface area contributed by atoms with Crippen LogP contribution in [0, 0.1) is 31.7 Å². The topological polar surface area (TPSA) is 179 Å². The molecule has 27 heavy (non-hydrogen) atoms. The third-order valence-electron chi connectivity index (χ3n) is 3.57. The van der Waals surface area contributed by atoms with Crippen LogP contribution in [0.1, 0.15) is 12.8 Å². The molecule has 0 radical (unpaired) electrons. The lowest BCUT2D eigenvalue weighted by molar-refractivity contribution is -0.393. The van der Waals surface area contributed by atoms with Crippen molar-refractivity contribution in [2.45, 2.75) is 12.8 Å². The quantitative estimate of drug-likeness (QED) is 0.233.